The Morgan fingerprint density at radius 1 is 1.12 bits per heavy atom. The number of aromatic nitrogens is 1. The van der Waals surface area contributed by atoms with Crippen molar-refractivity contribution in [1.82, 2.24) is 4.98 Å². The van der Waals surface area contributed by atoms with E-state index in [2.05, 4.69) is 17.1 Å². The van der Waals surface area contributed by atoms with Crippen LogP contribution in [0, 0.1) is 0 Å². The van der Waals surface area contributed by atoms with Gasteiger partial charge in [0.1, 0.15) is 0 Å². The first-order valence-corrected chi connectivity index (χ1v) is 6.21. The molecule has 0 aliphatic carbocycles. The summed E-state index contributed by atoms with van der Waals surface area (Å²) in [6, 6.07) is 12.0. The van der Waals surface area contributed by atoms with Crippen LogP contribution in [-0.4, -0.2) is 10.7 Å². The molecule has 0 spiro atoms. The Morgan fingerprint density at radius 2 is 2.00 bits per heavy atom. The van der Waals surface area contributed by atoms with Crippen molar-refractivity contribution in [3.63, 3.8) is 0 Å². The first-order valence-electron chi connectivity index (χ1n) is 5.22. The molecule has 2 N–H and O–H groups in total. The van der Waals surface area contributed by atoms with Crippen molar-refractivity contribution < 1.29 is 0 Å². The summed E-state index contributed by atoms with van der Waals surface area (Å²) in [6.45, 7) is 0. The van der Waals surface area contributed by atoms with Crippen LogP contribution in [0.5, 0.6) is 0 Å². The SMILES string of the molecule is Nc1ccccc1SCCc1cccnc1. The highest BCUT2D eigenvalue weighted by Gasteiger charge is 1.98. The Hall–Kier alpha value is -1.48. The van der Waals surface area contributed by atoms with Gasteiger partial charge in [-0.05, 0) is 30.2 Å². The molecule has 0 radical (unpaired) electrons. The molecular weight excluding hydrogens is 216 g/mol. The second-order valence-corrected chi connectivity index (χ2v) is 4.63. The third kappa shape index (κ3) is 3.00. The molecule has 2 rings (SSSR count). The average molecular weight is 230 g/mol. The zero-order chi connectivity index (χ0) is 11.2. The van der Waals surface area contributed by atoms with Crippen LogP contribution in [0.15, 0.2) is 53.7 Å². The lowest BCUT2D eigenvalue weighted by molar-refractivity contribution is 1.11. The normalized spacial score (nSPS) is 10.2. The Kier molecular flexibility index (Phi) is 3.83. The van der Waals surface area contributed by atoms with E-state index in [4.69, 9.17) is 5.73 Å². The molecule has 2 nitrogen and oxygen atoms in total. The van der Waals surface area contributed by atoms with Crippen molar-refractivity contribution in [1.29, 1.82) is 0 Å². The lowest BCUT2D eigenvalue weighted by atomic mass is 10.2. The summed E-state index contributed by atoms with van der Waals surface area (Å²) >= 11 is 1.79. The summed E-state index contributed by atoms with van der Waals surface area (Å²) in [5.74, 6) is 1.03. The molecule has 2 aromatic rings. The van der Waals surface area contributed by atoms with Crippen molar-refractivity contribution >= 4 is 17.4 Å². The fourth-order valence-corrected chi connectivity index (χ4v) is 2.40. The van der Waals surface area contributed by atoms with Crippen molar-refractivity contribution in [2.75, 3.05) is 11.5 Å². The molecule has 0 saturated heterocycles. The van der Waals surface area contributed by atoms with Gasteiger partial charge in [-0.15, -0.1) is 11.8 Å². The molecule has 3 heteroatoms. The van der Waals surface area contributed by atoms with Gasteiger partial charge in [0.05, 0.1) is 0 Å². The number of nitrogens with two attached hydrogens (primary N) is 1. The number of hydrogen-bond donors (Lipinski definition) is 1. The minimum atomic E-state index is 0.860. The van der Waals surface area contributed by atoms with Gasteiger partial charge < -0.3 is 5.73 Å². The molecule has 0 amide bonds. The predicted octanol–water partition coefficient (Wildman–Crippen LogP) is 3.00. The van der Waals surface area contributed by atoms with Crippen LogP contribution in [0.2, 0.25) is 0 Å². The Morgan fingerprint density at radius 3 is 2.75 bits per heavy atom. The van der Waals surface area contributed by atoms with Gasteiger partial charge in [-0.1, -0.05) is 18.2 Å². The molecule has 0 aliphatic heterocycles. The smallest absolute Gasteiger partial charge is 0.0452 e. The van der Waals surface area contributed by atoms with Crippen LogP contribution in [0.1, 0.15) is 5.56 Å². The Bertz CT molecular complexity index is 443. The van der Waals surface area contributed by atoms with Crippen LogP contribution < -0.4 is 5.73 Å². The molecule has 0 saturated carbocycles. The summed E-state index contributed by atoms with van der Waals surface area (Å²) in [5.41, 5.74) is 7.99. The first-order chi connectivity index (χ1) is 7.86. The minimum Gasteiger partial charge on any atom is -0.398 e. The molecule has 1 heterocycles. The highest BCUT2D eigenvalue weighted by atomic mass is 32.2. The molecule has 16 heavy (non-hydrogen) atoms. The monoisotopic (exact) mass is 230 g/mol. The quantitative estimate of drug-likeness (QED) is 0.648. The van der Waals surface area contributed by atoms with Crippen LogP contribution in [0.4, 0.5) is 5.69 Å². The lowest BCUT2D eigenvalue weighted by Crippen LogP contribution is -1.91. The van der Waals surface area contributed by atoms with Gasteiger partial charge >= 0.3 is 0 Å². The number of benzene rings is 1. The van der Waals surface area contributed by atoms with Crippen LogP contribution in [-0.2, 0) is 6.42 Å². The van der Waals surface area contributed by atoms with E-state index in [1.807, 2.05) is 30.5 Å². The molecule has 0 aliphatic rings. The zero-order valence-electron chi connectivity index (χ0n) is 8.97. The predicted molar refractivity (Wildman–Crippen MR) is 69.5 cm³/mol. The lowest BCUT2D eigenvalue weighted by Gasteiger charge is -2.04. The molecule has 1 aromatic carbocycles. The highest BCUT2D eigenvalue weighted by molar-refractivity contribution is 7.99. The molecule has 0 unspecified atom stereocenters. The fraction of sp³-hybridized carbons (Fsp3) is 0.154. The van der Waals surface area contributed by atoms with E-state index in [9.17, 15) is 0 Å². The molecule has 0 bridgehead atoms. The number of anilines is 1. The minimum absolute atomic E-state index is 0.860. The standard InChI is InChI=1S/C13H14N2S/c14-12-5-1-2-6-13(12)16-9-7-11-4-3-8-15-10-11/h1-6,8,10H,7,9,14H2. The molecule has 0 atom stereocenters. The summed E-state index contributed by atoms with van der Waals surface area (Å²) < 4.78 is 0. The summed E-state index contributed by atoms with van der Waals surface area (Å²) in [7, 11) is 0. The van der Waals surface area contributed by atoms with Gasteiger partial charge in [-0.25, -0.2) is 0 Å². The maximum absolute atomic E-state index is 5.87. The van der Waals surface area contributed by atoms with Gasteiger partial charge in [0.2, 0.25) is 0 Å². The van der Waals surface area contributed by atoms with Crippen LogP contribution in [0.3, 0.4) is 0 Å². The first kappa shape index (κ1) is 11.0. The maximum Gasteiger partial charge on any atom is 0.0452 e. The largest absolute Gasteiger partial charge is 0.398 e. The van der Waals surface area contributed by atoms with E-state index in [-0.39, 0.29) is 0 Å². The van der Waals surface area contributed by atoms with E-state index >= 15 is 0 Å². The fourth-order valence-electron chi connectivity index (χ4n) is 1.44. The van der Waals surface area contributed by atoms with Gasteiger partial charge in [-0.3, -0.25) is 4.98 Å². The van der Waals surface area contributed by atoms with Crippen molar-refractivity contribution in [2.24, 2.45) is 0 Å². The molecule has 0 fully saturated rings. The van der Waals surface area contributed by atoms with E-state index < -0.39 is 0 Å². The third-order valence-electron chi connectivity index (χ3n) is 2.29. The maximum atomic E-state index is 5.87. The average Bonchev–Trinajstić information content (AvgIpc) is 2.33. The van der Waals surface area contributed by atoms with Gasteiger partial charge in [0.15, 0.2) is 0 Å². The molecule has 82 valence electrons. The van der Waals surface area contributed by atoms with Crippen LogP contribution >= 0.6 is 11.8 Å². The van der Waals surface area contributed by atoms with Crippen molar-refractivity contribution in [3.05, 3.63) is 54.4 Å². The number of hydrogen-bond acceptors (Lipinski definition) is 3. The summed E-state index contributed by atoms with van der Waals surface area (Å²) in [6.07, 6.45) is 4.73. The van der Waals surface area contributed by atoms with Crippen molar-refractivity contribution in [2.45, 2.75) is 11.3 Å². The van der Waals surface area contributed by atoms with Crippen LogP contribution in [0.25, 0.3) is 0 Å². The van der Waals surface area contributed by atoms with E-state index in [1.54, 1.807) is 18.0 Å². The number of thioether (sulfide) groups is 1. The molecular formula is C13H14N2S. The summed E-state index contributed by atoms with van der Waals surface area (Å²) in [5, 5.41) is 0. The Labute approximate surface area is 99.9 Å². The number of rotatable bonds is 4. The van der Waals surface area contributed by atoms with Gasteiger partial charge in [0, 0.05) is 28.7 Å². The summed E-state index contributed by atoms with van der Waals surface area (Å²) in [4.78, 5) is 5.25. The van der Waals surface area contributed by atoms with E-state index in [0.29, 0.717) is 0 Å². The number of pyridine rings is 1. The van der Waals surface area contributed by atoms with Gasteiger partial charge in [-0.2, -0.15) is 0 Å². The Balaban J connectivity index is 1.87. The number of aryl methyl sites for hydroxylation is 1. The number of para-hydroxylation sites is 1. The van der Waals surface area contributed by atoms with E-state index in [1.165, 1.54) is 5.56 Å². The zero-order valence-corrected chi connectivity index (χ0v) is 9.78. The topological polar surface area (TPSA) is 38.9 Å². The van der Waals surface area contributed by atoms with E-state index in [0.717, 1.165) is 22.8 Å². The van der Waals surface area contributed by atoms with Gasteiger partial charge in [0.25, 0.3) is 0 Å². The molecule has 1 aromatic heterocycles. The number of nitrogens with zero attached hydrogens (tertiary/aromatic N) is 1. The van der Waals surface area contributed by atoms with Crippen molar-refractivity contribution in [3.8, 4) is 0 Å². The third-order valence-corrected chi connectivity index (χ3v) is 3.38. The second kappa shape index (κ2) is 5.56. The second-order valence-electron chi connectivity index (χ2n) is 3.50. The highest BCUT2D eigenvalue weighted by Crippen LogP contribution is 2.24. The number of nitrogen functional groups attached to an aromatic ring is 1.